The Bertz CT molecular complexity index is 657. The summed E-state index contributed by atoms with van der Waals surface area (Å²) in [6.07, 6.45) is 0.818. The zero-order valence-corrected chi connectivity index (χ0v) is 11.6. The van der Waals surface area contributed by atoms with Crippen molar-refractivity contribution in [2.75, 3.05) is 5.32 Å². The van der Waals surface area contributed by atoms with E-state index in [0.717, 1.165) is 12.0 Å². The number of hydrogen-bond donors (Lipinski definition) is 2. The Labute approximate surface area is 123 Å². The number of hydrogen-bond acceptors (Lipinski definition) is 2. The van der Waals surface area contributed by atoms with Gasteiger partial charge in [0.1, 0.15) is 5.82 Å². The molecule has 0 bridgehead atoms. The molecule has 21 heavy (non-hydrogen) atoms. The Morgan fingerprint density at radius 1 is 1.24 bits per heavy atom. The van der Waals surface area contributed by atoms with Crippen LogP contribution in [-0.2, 0) is 11.3 Å². The maximum Gasteiger partial charge on any atom is 0.228 e. The van der Waals surface area contributed by atoms with Crippen molar-refractivity contribution >= 4 is 11.6 Å². The standard InChI is InChI=1S/C17H17FN2O/c18-15-8-11(10-19)6-7-16(15)20-17(21)14-9-13(14)12-4-2-1-3-5-12/h1-8,13-14H,9-10,19H2,(H,20,21). The van der Waals surface area contributed by atoms with Gasteiger partial charge in [-0.15, -0.1) is 0 Å². The van der Waals surface area contributed by atoms with E-state index < -0.39 is 5.82 Å². The van der Waals surface area contributed by atoms with Crippen LogP contribution < -0.4 is 11.1 Å². The van der Waals surface area contributed by atoms with Crippen LogP contribution in [0, 0.1) is 11.7 Å². The topological polar surface area (TPSA) is 55.1 Å². The van der Waals surface area contributed by atoms with Crippen molar-refractivity contribution < 1.29 is 9.18 Å². The van der Waals surface area contributed by atoms with Gasteiger partial charge in [0.25, 0.3) is 0 Å². The van der Waals surface area contributed by atoms with Crippen LogP contribution in [-0.4, -0.2) is 5.91 Å². The summed E-state index contributed by atoms with van der Waals surface area (Å²) in [5, 5.41) is 2.67. The first kappa shape index (κ1) is 13.8. The lowest BCUT2D eigenvalue weighted by molar-refractivity contribution is -0.117. The molecule has 1 amide bonds. The van der Waals surface area contributed by atoms with E-state index in [9.17, 15) is 9.18 Å². The minimum atomic E-state index is -0.441. The molecule has 0 saturated heterocycles. The zero-order chi connectivity index (χ0) is 14.8. The highest BCUT2D eigenvalue weighted by Gasteiger charge is 2.43. The van der Waals surface area contributed by atoms with E-state index in [-0.39, 0.29) is 30.0 Å². The molecule has 3 nitrogen and oxygen atoms in total. The number of carbonyl (C=O) groups is 1. The predicted octanol–water partition coefficient (Wildman–Crippen LogP) is 3.03. The molecule has 0 aromatic heterocycles. The lowest BCUT2D eigenvalue weighted by Gasteiger charge is -2.07. The van der Waals surface area contributed by atoms with Gasteiger partial charge in [0.15, 0.2) is 0 Å². The first-order chi connectivity index (χ1) is 10.2. The van der Waals surface area contributed by atoms with Crippen molar-refractivity contribution in [3.63, 3.8) is 0 Å². The number of nitrogens with two attached hydrogens (primary N) is 1. The minimum absolute atomic E-state index is 0.0685. The zero-order valence-electron chi connectivity index (χ0n) is 11.6. The first-order valence-electron chi connectivity index (χ1n) is 7.03. The number of carbonyl (C=O) groups excluding carboxylic acids is 1. The van der Waals surface area contributed by atoms with Crippen LogP contribution in [0.25, 0.3) is 0 Å². The van der Waals surface area contributed by atoms with Gasteiger partial charge in [0.05, 0.1) is 5.69 Å². The molecular formula is C17H17FN2O. The van der Waals surface area contributed by atoms with E-state index in [2.05, 4.69) is 5.32 Å². The van der Waals surface area contributed by atoms with Crippen molar-refractivity contribution in [1.29, 1.82) is 0 Å². The fraction of sp³-hybridized carbons (Fsp3) is 0.235. The molecule has 0 radical (unpaired) electrons. The van der Waals surface area contributed by atoms with Crippen LogP contribution in [0.3, 0.4) is 0 Å². The van der Waals surface area contributed by atoms with Crippen LogP contribution in [0.15, 0.2) is 48.5 Å². The monoisotopic (exact) mass is 284 g/mol. The van der Waals surface area contributed by atoms with E-state index in [1.54, 1.807) is 12.1 Å². The van der Waals surface area contributed by atoms with Gasteiger partial charge in [-0.3, -0.25) is 4.79 Å². The van der Waals surface area contributed by atoms with Crippen LogP contribution in [0.5, 0.6) is 0 Å². The third-order valence-electron chi connectivity index (χ3n) is 3.88. The summed E-state index contributed by atoms with van der Waals surface area (Å²) in [5.41, 5.74) is 7.55. The summed E-state index contributed by atoms with van der Waals surface area (Å²) >= 11 is 0. The molecule has 2 aromatic carbocycles. The number of rotatable bonds is 4. The van der Waals surface area contributed by atoms with Crippen LogP contribution in [0.4, 0.5) is 10.1 Å². The van der Waals surface area contributed by atoms with Crippen molar-refractivity contribution in [3.05, 3.63) is 65.5 Å². The first-order valence-corrected chi connectivity index (χ1v) is 7.03. The Balaban J connectivity index is 1.66. The van der Waals surface area contributed by atoms with Gasteiger partial charge in [-0.05, 0) is 35.6 Å². The molecule has 0 heterocycles. The molecule has 1 fully saturated rings. The highest BCUT2D eigenvalue weighted by molar-refractivity contribution is 5.95. The number of benzene rings is 2. The third-order valence-corrected chi connectivity index (χ3v) is 3.88. The second-order valence-corrected chi connectivity index (χ2v) is 5.37. The van der Waals surface area contributed by atoms with E-state index >= 15 is 0 Å². The summed E-state index contributed by atoms with van der Waals surface area (Å²) in [6.45, 7) is 0.282. The van der Waals surface area contributed by atoms with Crippen molar-refractivity contribution in [2.24, 2.45) is 11.7 Å². The summed E-state index contributed by atoms with van der Waals surface area (Å²) in [6, 6.07) is 14.6. The fourth-order valence-corrected chi connectivity index (χ4v) is 2.57. The average Bonchev–Trinajstić information content (AvgIpc) is 3.31. The van der Waals surface area contributed by atoms with E-state index in [0.29, 0.717) is 5.56 Å². The SMILES string of the molecule is NCc1ccc(NC(=O)C2CC2c2ccccc2)c(F)c1. The number of amides is 1. The molecule has 4 heteroatoms. The third kappa shape index (κ3) is 2.95. The Morgan fingerprint density at radius 2 is 2.00 bits per heavy atom. The van der Waals surface area contributed by atoms with Crippen molar-refractivity contribution in [3.8, 4) is 0 Å². The van der Waals surface area contributed by atoms with Gasteiger partial charge in [0, 0.05) is 12.5 Å². The molecule has 108 valence electrons. The fourth-order valence-electron chi connectivity index (χ4n) is 2.57. The summed E-state index contributed by atoms with van der Waals surface area (Å²) in [5.74, 6) is -0.384. The second kappa shape index (κ2) is 5.66. The number of anilines is 1. The molecule has 2 atom stereocenters. The average molecular weight is 284 g/mol. The van der Waals surface area contributed by atoms with Gasteiger partial charge in [-0.25, -0.2) is 4.39 Å². The summed E-state index contributed by atoms with van der Waals surface area (Å²) in [4.78, 5) is 12.2. The second-order valence-electron chi connectivity index (χ2n) is 5.37. The highest BCUT2D eigenvalue weighted by Crippen LogP contribution is 2.47. The van der Waals surface area contributed by atoms with E-state index in [4.69, 9.17) is 5.73 Å². The molecule has 1 aliphatic rings. The molecule has 0 spiro atoms. The largest absolute Gasteiger partial charge is 0.326 e. The normalized spacial score (nSPS) is 20.1. The van der Waals surface area contributed by atoms with Crippen LogP contribution >= 0.6 is 0 Å². The molecule has 1 saturated carbocycles. The van der Waals surface area contributed by atoms with E-state index in [1.807, 2.05) is 30.3 Å². The number of nitrogens with one attached hydrogen (secondary N) is 1. The lowest BCUT2D eigenvalue weighted by Crippen LogP contribution is -2.15. The maximum atomic E-state index is 13.8. The Hall–Kier alpha value is -2.20. The maximum absolute atomic E-state index is 13.8. The van der Waals surface area contributed by atoms with Crippen molar-refractivity contribution in [1.82, 2.24) is 0 Å². The molecule has 3 rings (SSSR count). The molecular weight excluding hydrogens is 267 g/mol. The van der Waals surface area contributed by atoms with Gasteiger partial charge in [-0.1, -0.05) is 36.4 Å². The van der Waals surface area contributed by atoms with Gasteiger partial charge >= 0.3 is 0 Å². The van der Waals surface area contributed by atoms with Crippen molar-refractivity contribution in [2.45, 2.75) is 18.9 Å². The molecule has 2 unspecified atom stereocenters. The molecule has 0 aliphatic heterocycles. The predicted molar refractivity (Wildman–Crippen MR) is 80.2 cm³/mol. The highest BCUT2D eigenvalue weighted by atomic mass is 19.1. The Kier molecular flexibility index (Phi) is 3.71. The summed E-state index contributed by atoms with van der Waals surface area (Å²) < 4.78 is 13.8. The minimum Gasteiger partial charge on any atom is -0.326 e. The lowest BCUT2D eigenvalue weighted by atomic mass is 10.1. The van der Waals surface area contributed by atoms with Crippen LogP contribution in [0.2, 0.25) is 0 Å². The molecule has 1 aliphatic carbocycles. The Morgan fingerprint density at radius 3 is 2.67 bits per heavy atom. The summed E-state index contributed by atoms with van der Waals surface area (Å²) in [7, 11) is 0. The van der Waals surface area contributed by atoms with Gasteiger partial charge in [0.2, 0.25) is 5.91 Å². The molecule has 3 N–H and O–H groups in total. The van der Waals surface area contributed by atoms with E-state index in [1.165, 1.54) is 6.07 Å². The van der Waals surface area contributed by atoms with Crippen LogP contribution in [0.1, 0.15) is 23.5 Å². The smallest absolute Gasteiger partial charge is 0.228 e. The molecule has 2 aromatic rings. The number of halogens is 1. The van der Waals surface area contributed by atoms with Gasteiger partial charge < -0.3 is 11.1 Å². The van der Waals surface area contributed by atoms with Gasteiger partial charge in [-0.2, -0.15) is 0 Å². The quantitative estimate of drug-likeness (QED) is 0.906.